The van der Waals surface area contributed by atoms with E-state index in [2.05, 4.69) is 5.32 Å². The molecule has 1 N–H and O–H groups in total. The summed E-state index contributed by atoms with van der Waals surface area (Å²) in [7, 11) is 3.85. The molecule has 0 aliphatic rings. The van der Waals surface area contributed by atoms with Crippen LogP contribution in [0.2, 0.25) is 0 Å². The fourth-order valence-electron chi connectivity index (χ4n) is 1.90. The SMILES string of the molecule is CC(C)CNC(=O)[C@@H](C)OC(=O)/C(C#N)=C/c1ccc(N(C)C)cc1. The van der Waals surface area contributed by atoms with Crippen molar-refractivity contribution in [2.45, 2.75) is 26.9 Å². The highest BCUT2D eigenvalue weighted by atomic mass is 16.5. The van der Waals surface area contributed by atoms with Crippen LogP contribution in [0, 0.1) is 17.2 Å². The van der Waals surface area contributed by atoms with Crippen molar-refractivity contribution in [1.82, 2.24) is 5.32 Å². The van der Waals surface area contributed by atoms with Crippen molar-refractivity contribution < 1.29 is 14.3 Å². The minimum atomic E-state index is -0.959. The first-order chi connectivity index (χ1) is 11.7. The van der Waals surface area contributed by atoms with E-state index >= 15 is 0 Å². The number of anilines is 1. The maximum atomic E-state index is 12.1. The number of esters is 1. The van der Waals surface area contributed by atoms with Gasteiger partial charge in [-0.25, -0.2) is 4.79 Å². The number of benzene rings is 1. The summed E-state index contributed by atoms with van der Waals surface area (Å²) < 4.78 is 5.08. The van der Waals surface area contributed by atoms with E-state index in [0.717, 1.165) is 5.69 Å². The maximum absolute atomic E-state index is 12.1. The molecule has 1 aromatic carbocycles. The van der Waals surface area contributed by atoms with Crippen LogP contribution in [0.3, 0.4) is 0 Å². The predicted molar refractivity (Wildman–Crippen MR) is 97.8 cm³/mol. The van der Waals surface area contributed by atoms with Crippen LogP contribution < -0.4 is 10.2 Å². The molecule has 0 radical (unpaired) electrons. The number of hydrogen-bond donors (Lipinski definition) is 1. The lowest BCUT2D eigenvalue weighted by atomic mass is 10.1. The second-order valence-corrected chi connectivity index (χ2v) is 6.34. The van der Waals surface area contributed by atoms with Crippen LogP contribution in [0.5, 0.6) is 0 Å². The minimum absolute atomic E-state index is 0.152. The Hall–Kier alpha value is -2.81. The van der Waals surface area contributed by atoms with Gasteiger partial charge in [0.25, 0.3) is 5.91 Å². The summed E-state index contributed by atoms with van der Waals surface area (Å²) in [6.07, 6.45) is 0.486. The quantitative estimate of drug-likeness (QED) is 0.467. The summed E-state index contributed by atoms with van der Waals surface area (Å²) in [5.41, 5.74) is 1.56. The van der Waals surface area contributed by atoms with Gasteiger partial charge in [0.05, 0.1) is 0 Å². The molecule has 0 spiro atoms. The summed E-state index contributed by atoms with van der Waals surface area (Å²) in [5.74, 6) is -0.896. The zero-order valence-corrected chi connectivity index (χ0v) is 15.4. The number of rotatable bonds is 7. The van der Waals surface area contributed by atoms with E-state index in [4.69, 9.17) is 4.74 Å². The largest absolute Gasteiger partial charge is 0.448 e. The van der Waals surface area contributed by atoms with Crippen molar-refractivity contribution in [3.63, 3.8) is 0 Å². The van der Waals surface area contributed by atoms with Gasteiger partial charge >= 0.3 is 5.97 Å². The fraction of sp³-hybridized carbons (Fsp3) is 0.421. The highest BCUT2D eigenvalue weighted by molar-refractivity contribution is 5.99. The van der Waals surface area contributed by atoms with Crippen LogP contribution in [0.4, 0.5) is 5.69 Å². The molecule has 0 saturated heterocycles. The molecule has 134 valence electrons. The van der Waals surface area contributed by atoms with Gasteiger partial charge in [-0.05, 0) is 36.6 Å². The number of nitrogens with zero attached hydrogens (tertiary/aromatic N) is 2. The molecule has 0 fully saturated rings. The Morgan fingerprint density at radius 3 is 2.32 bits per heavy atom. The fourth-order valence-corrected chi connectivity index (χ4v) is 1.90. The molecular formula is C19H25N3O3. The molecule has 1 rings (SSSR count). The van der Waals surface area contributed by atoms with Crippen LogP contribution in [-0.2, 0) is 14.3 Å². The van der Waals surface area contributed by atoms with Gasteiger partial charge in [-0.1, -0.05) is 26.0 Å². The van der Waals surface area contributed by atoms with Crippen molar-refractivity contribution >= 4 is 23.6 Å². The molecule has 6 nitrogen and oxygen atoms in total. The first-order valence-electron chi connectivity index (χ1n) is 8.12. The van der Waals surface area contributed by atoms with Gasteiger partial charge in [0.15, 0.2) is 6.10 Å². The Labute approximate surface area is 149 Å². The Balaban J connectivity index is 2.76. The van der Waals surface area contributed by atoms with Crippen molar-refractivity contribution in [1.29, 1.82) is 5.26 Å². The van der Waals surface area contributed by atoms with Crippen molar-refractivity contribution in [2.24, 2.45) is 5.92 Å². The highest BCUT2D eigenvalue weighted by Gasteiger charge is 2.20. The number of nitriles is 1. The smallest absolute Gasteiger partial charge is 0.349 e. The number of amides is 1. The molecule has 0 heterocycles. The van der Waals surface area contributed by atoms with Crippen LogP contribution >= 0.6 is 0 Å². The Bertz CT molecular complexity index is 670. The first kappa shape index (κ1) is 20.2. The van der Waals surface area contributed by atoms with E-state index in [9.17, 15) is 14.9 Å². The number of ether oxygens (including phenoxy) is 1. The molecular weight excluding hydrogens is 318 g/mol. The first-order valence-corrected chi connectivity index (χ1v) is 8.12. The number of carbonyl (C=O) groups is 2. The average molecular weight is 343 g/mol. The summed E-state index contributed by atoms with van der Waals surface area (Å²) in [4.78, 5) is 25.9. The van der Waals surface area contributed by atoms with E-state index in [1.165, 1.54) is 13.0 Å². The van der Waals surface area contributed by atoms with Crippen LogP contribution in [0.1, 0.15) is 26.3 Å². The third-order valence-electron chi connectivity index (χ3n) is 3.40. The lowest BCUT2D eigenvalue weighted by Gasteiger charge is -2.14. The molecule has 1 atom stereocenters. The van der Waals surface area contributed by atoms with Gasteiger partial charge in [-0.3, -0.25) is 4.79 Å². The third-order valence-corrected chi connectivity index (χ3v) is 3.40. The molecule has 1 amide bonds. The third kappa shape index (κ3) is 6.68. The van der Waals surface area contributed by atoms with Crippen LogP contribution in [-0.4, -0.2) is 38.6 Å². The highest BCUT2D eigenvalue weighted by Crippen LogP contribution is 2.15. The molecule has 0 saturated carbocycles. The average Bonchev–Trinajstić information content (AvgIpc) is 2.57. The molecule has 6 heteroatoms. The van der Waals surface area contributed by atoms with Crippen molar-refractivity contribution in [3.05, 3.63) is 35.4 Å². The van der Waals surface area contributed by atoms with E-state index in [1.54, 1.807) is 12.1 Å². The number of hydrogen-bond acceptors (Lipinski definition) is 5. The van der Waals surface area contributed by atoms with E-state index in [0.29, 0.717) is 18.0 Å². The Morgan fingerprint density at radius 1 is 1.24 bits per heavy atom. The second kappa shape index (κ2) is 9.48. The zero-order chi connectivity index (χ0) is 19.0. The van der Waals surface area contributed by atoms with Gasteiger partial charge in [-0.15, -0.1) is 0 Å². The lowest BCUT2D eigenvalue weighted by molar-refractivity contribution is -0.150. The Morgan fingerprint density at radius 2 is 1.84 bits per heavy atom. The lowest BCUT2D eigenvalue weighted by Crippen LogP contribution is -2.37. The van der Waals surface area contributed by atoms with Crippen LogP contribution in [0.25, 0.3) is 6.08 Å². The van der Waals surface area contributed by atoms with Gasteiger partial charge in [0.2, 0.25) is 0 Å². The minimum Gasteiger partial charge on any atom is -0.448 e. The van der Waals surface area contributed by atoms with Gasteiger partial charge in [-0.2, -0.15) is 5.26 Å². The van der Waals surface area contributed by atoms with E-state index in [1.807, 2.05) is 51.0 Å². The molecule has 0 aliphatic carbocycles. The van der Waals surface area contributed by atoms with Crippen LogP contribution in [0.15, 0.2) is 29.8 Å². The summed E-state index contributed by atoms with van der Waals surface area (Å²) >= 11 is 0. The van der Waals surface area contributed by atoms with Gasteiger partial charge < -0.3 is 15.0 Å². The van der Waals surface area contributed by atoms with Crippen molar-refractivity contribution in [2.75, 3.05) is 25.5 Å². The molecule has 1 aromatic rings. The normalized spacial score (nSPS) is 12.3. The summed E-state index contributed by atoms with van der Waals surface area (Å²) in [6, 6.07) is 9.20. The predicted octanol–water partition coefficient (Wildman–Crippen LogP) is 2.36. The topological polar surface area (TPSA) is 82.4 Å². The van der Waals surface area contributed by atoms with Gasteiger partial charge in [0, 0.05) is 26.3 Å². The summed E-state index contributed by atoms with van der Waals surface area (Å²) in [6.45, 7) is 5.92. The zero-order valence-electron chi connectivity index (χ0n) is 15.4. The van der Waals surface area contributed by atoms with Crippen molar-refractivity contribution in [3.8, 4) is 6.07 Å². The standard InChI is InChI=1S/C19H25N3O3/c1-13(2)12-21-18(23)14(3)25-19(24)16(11-20)10-15-6-8-17(9-7-15)22(4)5/h6-10,13-14H,12H2,1-5H3,(H,21,23)/b16-10+/t14-/m1/s1. The molecule has 0 aromatic heterocycles. The second-order valence-electron chi connectivity index (χ2n) is 6.34. The monoisotopic (exact) mass is 343 g/mol. The molecule has 0 unspecified atom stereocenters. The maximum Gasteiger partial charge on any atom is 0.349 e. The van der Waals surface area contributed by atoms with Gasteiger partial charge in [0.1, 0.15) is 11.6 Å². The van der Waals surface area contributed by atoms with E-state index in [-0.39, 0.29) is 11.5 Å². The van der Waals surface area contributed by atoms with E-state index < -0.39 is 12.1 Å². The number of carbonyl (C=O) groups excluding carboxylic acids is 2. The number of nitrogens with one attached hydrogen (secondary N) is 1. The molecule has 0 bridgehead atoms. The Kier molecular flexibility index (Phi) is 7.67. The molecule has 25 heavy (non-hydrogen) atoms. The summed E-state index contributed by atoms with van der Waals surface area (Å²) in [5, 5.41) is 11.9. The molecule has 0 aliphatic heterocycles.